The van der Waals surface area contributed by atoms with E-state index in [1.165, 1.54) is 4.31 Å². The summed E-state index contributed by atoms with van der Waals surface area (Å²) in [4.78, 5) is 14.0. The zero-order valence-corrected chi connectivity index (χ0v) is 13.6. The highest BCUT2D eigenvalue weighted by molar-refractivity contribution is 7.86. The minimum absolute atomic E-state index is 0.210. The van der Waals surface area contributed by atoms with Crippen molar-refractivity contribution in [3.05, 3.63) is 30.5 Å². The Morgan fingerprint density at radius 3 is 2.52 bits per heavy atom. The lowest BCUT2D eigenvalue weighted by molar-refractivity contribution is 0.184. The van der Waals surface area contributed by atoms with Gasteiger partial charge in [-0.1, -0.05) is 6.07 Å². The van der Waals surface area contributed by atoms with Crippen LogP contribution in [0.2, 0.25) is 0 Å². The standard InChI is InChI=1S/C14H19N5O3S/c1-17-6-5-11-12(3-2-4-13(11)17)16-14(20)18-7-9-19(10-8-18)23(15,21)22/h2-6H,7-10H2,1H3,(H,16,20)(H2,15,21,22). The largest absolute Gasteiger partial charge is 0.350 e. The van der Waals surface area contributed by atoms with Gasteiger partial charge in [0, 0.05) is 50.3 Å². The van der Waals surface area contributed by atoms with E-state index in [0.717, 1.165) is 16.6 Å². The summed E-state index contributed by atoms with van der Waals surface area (Å²) in [5.74, 6) is 0. The van der Waals surface area contributed by atoms with Crippen molar-refractivity contribution < 1.29 is 13.2 Å². The fraction of sp³-hybridized carbons (Fsp3) is 0.357. The van der Waals surface area contributed by atoms with Crippen LogP contribution in [0.4, 0.5) is 10.5 Å². The number of rotatable bonds is 2. The number of fused-ring (bicyclic) bond motifs is 1. The summed E-state index contributed by atoms with van der Waals surface area (Å²) < 4.78 is 25.7. The van der Waals surface area contributed by atoms with Crippen molar-refractivity contribution in [2.45, 2.75) is 0 Å². The zero-order chi connectivity index (χ0) is 16.6. The highest BCUT2D eigenvalue weighted by Crippen LogP contribution is 2.24. The number of aromatic nitrogens is 1. The number of amides is 2. The molecule has 9 heteroatoms. The van der Waals surface area contributed by atoms with Crippen LogP contribution in [-0.2, 0) is 17.3 Å². The molecule has 1 aliphatic heterocycles. The van der Waals surface area contributed by atoms with E-state index in [1.807, 2.05) is 42.1 Å². The third kappa shape index (κ3) is 3.16. The summed E-state index contributed by atoms with van der Waals surface area (Å²) in [7, 11) is -1.74. The number of nitrogens with two attached hydrogens (primary N) is 1. The highest BCUT2D eigenvalue weighted by atomic mass is 32.2. The van der Waals surface area contributed by atoms with Crippen LogP contribution in [0.1, 0.15) is 0 Å². The van der Waals surface area contributed by atoms with Crippen molar-refractivity contribution in [3.63, 3.8) is 0 Å². The number of carbonyl (C=O) groups excluding carboxylic acids is 1. The molecule has 3 rings (SSSR count). The third-order valence-electron chi connectivity index (χ3n) is 4.06. The van der Waals surface area contributed by atoms with E-state index < -0.39 is 10.2 Å². The Morgan fingerprint density at radius 2 is 1.87 bits per heavy atom. The van der Waals surface area contributed by atoms with Gasteiger partial charge in [-0.3, -0.25) is 0 Å². The minimum Gasteiger partial charge on any atom is -0.350 e. The van der Waals surface area contributed by atoms with Gasteiger partial charge in [-0.2, -0.15) is 12.7 Å². The molecular formula is C14H19N5O3S. The van der Waals surface area contributed by atoms with Crippen molar-refractivity contribution in [3.8, 4) is 0 Å². The van der Waals surface area contributed by atoms with Gasteiger partial charge in [0.25, 0.3) is 10.2 Å². The maximum Gasteiger partial charge on any atom is 0.321 e. The summed E-state index contributed by atoms with van der Waals surface area (Å²) >= 11 is 0. The smallest absolute Gasteiger partial charge is 0.321 e. The molecule has 124 valence electrons. The Morgan fingerprint density at radius 1 is 1.17 bits per heavy atom. The molecule has 0 atom stereocenters. The molecule has 0 spiro atoms. The van der Waals surface area contributed by atoms with E-state index in [2.05, 4.69) is 5.32 Å². The quantitative estimate of drug-likeness (QED) is 0.836. The van der Waals surface area contributed by atoms with Crippen LogP contribution in [-0.4, -0.2) is 54.4 Å². The van der Waals surface area contributed by atoms with Crippen LogP contribution in [0.5, 0.6) is 0 Å². The third-order valence-corrected chi connectivity index (χ3v) is 5.14. The van der Waals surface area contributed by atoms with E-state index in [-0.39, 0.29) is 19.1 Å². The number of nitrogens with zero attached hydrogens (tertiary/aromatic N) is 3. The van der Waals surface area contributed by atoms with Crippen LogP contribution in [0.25, 0.3) is 10.9 Å². The normalized spacial score (nSPS) is 16.7. The first-order chi connectivity index (χ1) is 10.9. The van der Waals surface area contributed by atoms with E-state index in [4.69, 9.17) is 5.14 Å². The molecule has 2 amide bonds. The molecule has 3 N–H and O–H groups in total. The molecule has 0 unspecified atom stereocenters. The summed E-state index contributed by atoms with van der Waals surface area (Å²) in [6, 6.07) is 7.42. The van der Waals surface area contributed by atoms with Crippen molar-refractivity contribution >= 4 is 32.8 Å². The monoisotopic (exact) mass is 337 g/mol. The summed E-state index contributed by atoms with van der Waals surface area (Å²) in [5.41, 5.74) is 1.77. The van der Waals surface area contributed by atoms with Crippen LogP contribution >= 0.6 is 0 Å². The topological polar surface area (TPSA) is 101 Å². The van der Waals surface area contributed by atoms with Crippen molar-refractivity contribution in [2.24, 2.45) is 12.2 Å². The molecule has 2 aromatic rings. The second-order valence-electron chi connectivity index (χ2n) is 5.53. The Kier molecular flexibility index (Phi) is 4.00. The van der Waals surface area contributed by atoms with Gasteiger partial charge in [0.15, 0.2) is 0 Å². The van der Waals surface area contributed by atoms with Crippen LogP contribution in [0, 0.1) is 0 Å². The van der Waals surface area contributed by atoms with Gasteiger partial charge < -0.3 is 14.8 Å². The number of aryl methyl sites for hydroxylation is 1. The zero-order valence-electron chi connectivity index (χ0n) is 12.8. The Labute approximate surface area is 134 Å². The van der Waals surface area contributed by atoms with Gasteiger partial charge in [-0.05, 0) is 18.2 Å². The number of hydrogen-bond donors (Lipinski definition) is 2. The predicted molar refractivity (Wildman–Crippen MR) is 88.2 cm³/mol. The lowest BCUT2D eigenvalue weighted by atomic mass is 10.2. The number of urea groups is 1. The molecule has 0 aliphatic carbocycles. The Balaban J connectivity index is 1.70. The molecule has 1 aromatic heterocycles. The van der Waals surface area contributed by atoms with E-state index >= 15 is 0 Å². The molecule has 2 heterocycles. The first-order valence-electron chi connectivity index (χ1n) is 7.24. The second kappa shape index (κ2) is 5.84. The molecule has 1 fully saturated rings. The lowest BCUT2D eigenvalue weighted by Gasteiger charge is -2.32. The maximum absolute atomic E-state index is 12.4. The molecule has 0 bridgehead atoms. The minimum atomic E-state index is -3.69. The van der Waals surface area contributed by atoms with Gasteiger partial charge in [0.1, 0.15) is 0 Å². The predicted octanol–water partition coefficient (Wildman–Crippen LogP) is 0.531. The number of nitrogens with one attached hydrogen (secondary N) is 1. The van der Waals surface area contributed by atoms with Gasteiger partial charge >= 0.3 is 6.03 Å². The second-order valence-corrected chi connectivity index (χ2v) is 7.07. The van der Waals surface area contributed by atoms with Gasteiger partial charge in [-0.15, -0.1) is 0 Å². The first kappa shape index (κ1) is 15.8. The molecule has 0 saturated carbocycles. The molecule has 1 saturated heterocycles. The van der Waals surface area contributed by atoms with Crippen molar-refractivity contribution in [2.75, 3.05) is 31.5 Å². The number of benzene rings is 1. The van der Waals surface area contributed by atoms with Gasteiger partial charge in [0.2, 0.25) is 0 Å². The Bertz CT molecular complexity index is 837. The fourth-order valence-electron chi connectivity index (χ4n) is 2.75. The Hall–Kier alpha value is -2.10. The highest BCUT2D eigenvalue weighted by Gasteiger charge is 2.26. The summed E-state index contributed by atoms with van der Waals surface area (Å²) in [6.45, 7) is 1.05. The average molecular weight is 337 g/mol. The number of anilines is 1. The first-order valence-corrected chi connectivity index (χ1v) is 8.74. The van der Waals surface area contributed by atoms with Crippen LogP contribution < -0.4 is 10.5 Å². The number of hydrogen-bond acceptors (Lipinski definition) is 3. The molecule has 1 aliphatic rings. The van der Waals surface area contributed by atoms with E-state index in [1.54, 1.807) is 4.90 Å². The van der Waals surface area contributed by atoms with Gasteiger partial charge in [-0.25, -0.2) is 9.93 Å². The summed E-state index contributed by atoms with van der Waals surface area (Å²) in [5, 5.41) is 8.96. The van der Waals surface area contributed by atoms with Crippen molar-refractivity contribution in [1.82, 2.24) is 13.8 Å². The lowest BCUT2D eigenvalue weighted by Crippen LogP contribution is -2.53. The fourth-order valence-corrected chi connectivity index (χ4v) is 3.42. The number of piperazine rings is 1. The van der Waals surface area contributed by atoms with E-state index in [0.29, 0.717) is 13.1 Å². The number of carbonyl (C=O) groups is 1. The van der Waals surface area contributed by atoms with Crippen LogP contribution in [0.3, 0.4) is 0 Å². The van der Waals surface area contributed by atoms with E-state index in [9.17, 15) is 13.2 Å². The molecular weight excluding hydrogens is 318 g/mol. The van der Waals surface area contributed by atoms with Gasteiger partial charge in [0.05, 0.1) is 5.69 Å². The van der Waals surface area contributed by atoms with Crippen LogP contribution in [0.15, 0.2) is 30.5 Å². The molecule has 23 heavy (non-hydrogen) atoms. The van der Waals surface area contributed by atoms with Crippen molar-refractivity contribution in [1.29, 1.82) is 0 Å². The molecule has 1 aromatic carbocycles. The SMILES string of the molecule is Cn1ccc2c(NC(=O)N3CCN(S(N)(=O)=O)CC3)cccc21. The molecule has 8 nitrogen and oxygen atoms in total. The molecule has 0 radical (unpaired) electrons. The average Bonchev–Trinajstić information content (AvgIpc) is 2.89. The summed E-state index contributed by atoms with van der Waals surface area (Å²) in [6.07, 6.45) is 1.94. The maximum atomic E-state index is 12.4.